The molecule has 3 rings (SSSR count). The minimum atomic E-state index is -0.189. The Kier molecular flexibility index (Phi) is 8.50. The van der Waals surface area contributed by atoms with E-state index in [9.17, 15) is 4.79 Å². The zero-order valence-electron chi connectivity index (χ0n) is 17.2. The van der Waals surface area contributed by atoms with Crippen molar-refractivity contribution in [3.63, 3.8) is 0 Å². The number of urea groups is 1. The largest absolute Gasteiger partial charge is 0.418 e. The van der Waals surface area contributed by atoms with Crippen LogP contribution >= 0.6 is 0 Å². The molecule has 154 valence electrons. The molecule has 2 radical (unpaired) electrons. The highest BCUT2D eigenvalue weighted by Crippen LogP contribution is 2.34. The number of para-hydroxylation sites is 2. The number of rotatable bonds is 10. The van der Waals surface area contributed by atoms with Crippen LogP contribution in [-0.2, 0) is 4.43 Å². The van der Waals surface area contributed by atoms with Gasteiger partial charge in [-0.3, -0.25) is 0 Å². The molecule has 0 unspecified atom stereocenters. The summed E-state index contributed by atoms with van der Waals surface area (Å²) in [7, 11) is 0.505. The van der Waals surface area contributed by atoms with Crippen LogP contribution in [0.5, 0.6) is 0 Å². The number of nitrogens with zero attached hydrogens (tertiary/aromatic N) is 1. The average Bonchev–Trinajstić information content (AvgIpc) is 2.79. The van der Waals surface area contributed by atoms with Gasteiger partial charge in [-0.15, -0.1) is 0 Å². The molecule has 0 fully saturated rings. The highest BCUT2D eigenvalue weighted by atomic mass is 28.2. The molecule has 0 bridgehead atoms. The monoisotopic (exact) mass is 417 g/mol. The first-order valence-corrected chi connectivity index (χ1v) is 11.3. The van der Waals surface area contributed by atoms with Crippen LogP contribution in [0, 0.1) is 0 Å². The van der Waals surface area contributed by atoms with Crippen molar-refractivity contribution in [3.8, 4) is 0 Å². The number of carbonyl (C=O) groups excluding carboxylic acids is 1. The molecule has 0 aromatic heterocycles. The Labute approximate surface area is 181 Å². The van der Waals surface area contributed by atoms with E-state index >= 15 is 0 Å². The van der Waals surface area contributed by atoms with E-state index in [-0.39, 0.29) is 6.03 Å². The van der Waals surface area contributed by atoms with Crippen LogP contribution < -0.4 is 15.5 Å². The molecule has 0 saturated heterocycles. The molecule has 0 heterocycles. The molecule has 0 aliphatic carbocycles. The minimum Gasteiger partial charge on any atom is -0.418 e. The number of carbonyl (C=O) groups is 1. The maximum absolute atomic E-state index is 12.1. The van der Waals surface area contributed by atoms with Crippen molar-refractivity contribution in [1.82, 2.24) is 5.32 Å². The van der Waals surface area contributed by atoms with E-state index in [0.717, 1.165) is 41.8 Å². The molecule has 2 amide bonds. The number of benzene rings is 3. The van der Waals surface area contributed by atoms with E-state index in [1.54, 1.807) is 0 Å². The molecule has 0 spiro atoms. The Bertz CT molecular complexity index is 850. The second-order valence-corrected chi connectivity index (χ2v) is 7.69. The van der Waals surface area contributed by atoms with Crippen LogP contribution in [0.25, 0.3) is 0 Å². The molecular formula is C24H27N3O2Si. The summed E-state index contributed by atoms with van der Waals surface area (Å²) in [6.45, 7) is 3.37. The van der Waals surface area contributed by atoms with E-state index in [0.29, 0.717) is 16.3 Å². The van der Waals surface area contributed by atoms with Gasteiger partial charge in [-0.25, -0.2) is 4.79 Å². The lowest BCUT2D eigenvalue weighted by Crippen LogP contribution is -2.29. The van der Waals surface area contributed by atoms with Crippen LogP contribution in [0.4, 0.5) is 27.5 Å². The maximum Gasteiger partial charge on any atom is 0.319 e. The smallest absolute Gasteiger partial charge is 0.319 e. The number of anilines is 4. The van der Waals surface area contributed by atoms with Crippen molar-refractivity contribution < 1.29 is 9.22 Å². The molecule has 3 aromatic rings. The summed E-state index contributed by atoms with van der Waals surface area (Å²) in [4.78, 5) is 14.3. The van der Waals surface area contributed by atoms with Crippen LogP contribution in [0.1, 0.15) is 13.3 Å². The lowest BCUT2D eigenvalue weighted by molar-refractivity contribution is 0.252. The van der Waals surface area contributed by atoms with Gasteiger partial charge in [0.05, 0.1) is 0 Å². The van der Waals surface area contributed by atoms with Crippen molar-refractivity contribution in [2.24, 2.45) is 0 Å². The molecule has 3 aromatic carbocycles. The van der Waals surface area contributed by atoms with Gasteiger partial charge in [-0.05, 0) is 67.9 Å². The molecular weight excluding hydrogens is 390 g/mol. The third kappa shape index (κ3) is 6.47. The highest BCUT2D eigenvalue weighted by Gasteiger charge is 2.11. The van der Waals surface area contributed by atoms with Gasteiger partial charge in [0.25, 0.3) is 0 Å². The normalized spacial score (nSPS) is 10.4. The van der Waals surface area contributed by atoms with Crippen LogP contribution in [0.2, 0.25) is 6.04 Å². The zero-order valence-corrected chi connectivity index (χ0v) is 18.2. The maximum atomic E-state index is 12.1. The number of amides is 2. The van der Waals surface area contributed by atoms with Crippen molar-refractivity contribution in [1.29, 1.82) is 0 Å². The Morgan fingerprint density at radius 3 is 2.00 bits per heavy atom. The molecule has 0 atom stereocenters. The summed E-state index contributed by atoms with van der Waals surface area (Å²) < 4.78 is 5.33. The Hall–Kier alpha value is -3.09. The quantitative estimate of drug-likeness (QED) is 0.327. The number of hydrogen-bond donors (Lipinski definition) is 2. The fraction of sp³-hybridized carbons (Fsp3) is 0.208. The molecule has 2 N–H and O–H groups in total. The predicted octanol–water partition coefficient (Wildman–Crippen LogP) is 5.74. The Balaban J connectivity index is 1.62. The lowest BCUT2D eigenvalue weighted by Gasteiger charge is -2.25. The second kappa shape index (κ2) is 11.8. The summed E-state index contributed by atoms with van der Waals surface area (Å²) in [6.07, 6.45) is 0.911. The molecule has 5 nitrogen and oxygen atoms in total. The van der Waals surface area contributed by atoms with Gasteiger partial charge < -0.3 is 20.0 Å². The van der Waals surface area contributed by atoms with Gasteiger partial charge in [-0.2, -0.15) is 0 Å². The molecule has 0 aliphatic rings. The van der Waals surface area contributed by atoms with E-state index in [2.05, 4.69) is 39.8 Å². The lowest BCUT2D eigenvalue weighted by atomic mass is 10.2. The van der Waals surface area contributed by atoms with Crippen LogP contribution in [-0.4, -0.2) is 28.9 Å². The minimum absolute atomic E-state index is 0.189. The Morgan fingerprint density at radius 2 is 1.43 bits per heavy atom. The zero-order chi connectivity index (χ0) is 21.0. The fourth-order valence-corrected chi connectivity index (χ4v) is 3.68. The fourth-order valence-electron chi connectivity index (χ4n) is 3.01. The summed E-state index contributed by atoms with van der Waals surface area (Å²) in [6, 6.07) is 29.1. The van der Waals surface area contributed by atoms with Crippen LogP contribution in [0.3, 0.4) is 0 Å². The van der Waals surface area contributed by atoms with Gasteiger partial charge in [0, 0.05) is 35.9 Å². The summed E-state index contributed by atoms with van der Waals surface area (Å²) in [5.74, 6) is 0. The van der Waals surface area contributed by atoms with Crippen LogP contribution in [0.15, 0.2) is 84.9 Å². The van der Waals surface area contributed by atoms with E-state index < -0.39 is 0 Å². The van der Waals surface area contributed by atoms with E-state index in [1.165, 1.54) is 0 Å². The standard InChI is InChI=1S/C24H27N3O2Si/c1-2-29-30-19-9-18-25-24(28)26-20-14-16-23(17-15-20)27(21-10-5-3-6-11-21)22-12-7-4-8-13-22/h3-8,10-17H,2,9,18-19H2,1H3,(H2,25,26,28). The van der Waals surface area contributed by atoms with Crippen molar-refractivity contribution >= 4 is 38.5 Å². The number of nitrogens with one attached hydrogen (secondary N) is 2. The van der Waals surface area contributed by atoms with Gasteiger partial charge >= 0.3 is 6.03 Å². The average molecular weight is 418 g/mol. The van der Waals surface area contributed by atoms with E-state index in [1.807, 2.05) is 67.6 Å². The van der Waals surface area contributed by atoms with E-state index in [4.69, 9.17) is 4.43 Å². The topological polar surface area (TPSA) is 53.6 Å². The molecule has 0 saturated carbocycles. The SMILES string of the molecule is CCO[Si]CCCNC(=O)Nc1ccc(N(c2ccccc2)c2ccccc2)cc1. The van der Waals surface area contributed by atoms with Crippen molar-refractivity contribution in [2.75, 3.05) is 23.4 Å². The summed E-state index contributed by atoms with van der Waals surface area (Å²) in [5, 5.41) is 5.78. The van der Waals surface area contributed by atoms with Crippen molar-refractivity contribution in [3.05, 3.63) is 84.9 Å². The van der Waals surface area contributed by atoms with Gasteiger partial charge in [0.2, 0.25) is 9.76 Å². The highest BCUT2D eigenvalue weighted by molar-refractivity contribution is 6.26. The first kappa shape index (κ1) is 21.6. The first-order chi connectivity index (χ1) is 14.8. The predicted molar refractivity (Wildman–Crippen MR) is 125 cm³/mol. The van der Waals surface area contributed by atoms with Gasteiger partial charge in [0.1, 0.15) is 0 Å². The summed E-state index contributed by atoms with van der Waals surface area (Å²) in [5.41, 5.74) is 3.94. The second-order valence-electron chi connectivity index (χ2n) is 6.62. The Morgan fingerprint density at radius 1 is 0.867 bits per heavy atom. The van der Waals surface area contributed by atoms with Gasteiger partial charge in [0.15, 0.2) is 0 Å². The third-order valence-corrected chi connectivity index (χ3v) is 5.45. The van der Waals surface area contributed by atoms with Crippen molar-refractivity contribution in [2.45, 2.75) is 19.4 Å². The summed E-state index contributed by atoms with van der Waals surface area (Å²) >= 11 is 0. The third-order valence-electron chi connectivity index (χ3n) is 4.40. The molecule has 0 aliphatic heterocycles. The van der Waals surface area contributed by atoms with Gasteiger partial charge in [-0.1, -0.05) is 36.4 Å². The molecule has 6 heteroatoms. The first-order valence-electron chi connectivity index (χ1n) is 10.2. The number of hydrogen-bond acceptors (Lipinski definition) is 3. The molecule has 30 heavy (non-hydrogen) atoms.